The first-order valence-electron chi connectivity index (χ1n) is 15.0. The van der Waals surface area contributed by atoms with Crippen molar-refractivity contribution in [1.82, 2.24) is 4.90 Å². The average Bonchev–Trinajstić information content (AvgIpc) is 3.52. The SMILES string of the molecule is CCc1cc(Cl)cc(CC)c1NC(=O)CN1C[C@H](c2ccc3c(c2C)OCO3)C(C(=O)O)[C@@H]1c1ccc(OC2CC2)cc1. The lowest BCUT2D eigenvalue weighted by Crippen LogP contribution is -2.35. The van der Waals surface area contributed by atoms with Crippen molar-refractivity contribution >= 4 is 29.2 Å². The number of carbonyl (C=O) groups excluding carboxylic acids is 1. The number of likely N-dealkylation sites (tertiary alicyclic amines) is 1. The van der Waals surface area contributed by atoms with Gasteiger partial charge in [0.25, 0.3) is 0 Å². The fourth-order valence-corrected chi connectivity index (χ4v) is 6.83. The predicted octanol–water partition coefficient (Wildman–Crippen LogP) is 6.52. The van der Waals surface area contributed by atoms with Crippen LogP contribution in [0.1, 0.15) is 66.5 Å². The van der Waals surface area contributed by atoms with Gasteiger partial charge < -0.3 is 24.6 Å². The van der Waals surface area contributed by atoms with Crippen LogP contribution in [0.5, 0.6) is 17.2 Å². The van der Waals surface area contributed by atoms with Crippen LogP contribution in [0.3, 0.4) is 0 Å². The number of carboxylic acids is 1. The van der Waals surface area contributed by atoms with Crippen LogP contribution in [0.15, 0.2) is 48.5 Å². The number of nitrogens with one attached hydrogen (secondary N) is 1. The van der Waals surface area contributed by atoms with E-state index in [9.17, 15) is 14.7 Å². The third-order valence-corrected chi connectivity index (χ3v) is 9.02. The summed E-state index contributed by atoms with van der Waals surface area (Å²) in [5.74, 6) is -0.199. The van der Waals surface area contributed by atoms with Crippen LogP contribution in [-0.4, -0.2) is 47.9 Å². The van der Waals surface area contributed by atoms with Gasteiger partial charge in [-0.15, -0.1) is 0 Å². The lowest BCUT2D eigenvalue weighted by atomic mass is 9.81. The lowest BCUT2D eigenvalue weighted by molar-refractivity contribution is -0.143. The highest BCUT2D eigenvalue weighted by Gasteiger charge is 2.48. The fourth-order valence-electron chi connectivity index (χ4n) is 6.56. The Balaban J connectivity index is 1.34. The van der Waals surface area contributed by atoms with Gasteiger partial charge in [-0.05, 0) is 90.8 Å². The van der Waals surface area contributed by atoms with Crippen molar-refractivity contribution in [3.63, 3.8) is 0 Å². The molecule has 2 fully saturated rings. The van der Waals surface area contributed by atoms with Gasteiger partial charge in [0.1, 0.15) is 5.75 Å². The first-order valence-corrected chi connectivity index (χ1v) is 15.4. The van der Waals surface area contributed by atoms with E-state index in [1.54, 1.807) is 0 Å². The van der Waals surface area contributed by atoms with Crippen molar-refractivity contribution in [3.8, 4) is 17.2 Å². The maximum absolute atomic E-state index is 13.7. The summed E-state index contributed by atoms with van der Waals surface area (Å²) in [5, 5.41) is 14.5. The average molecular weight is 605 g/mol. The zero-order valence-electron chi connectivity index (χ0n) is 24.7. The van der Waals surface area contributed by atoms with Crippen LogP contribution in [0, 0.1) is 12.8 Å². The smallest absolute Gasteiger partial charge is 0.309 e. The number of ether oxygens (including phenoxy) is 3. The highest BCUT2D eigenvalue weighted by Crippen LogP contribution is 2.49. The van der Waals surface area contributed by atoms with Crippen molar-refractivity contribution in [2.45, 2.75) is 64.5 Å². The zero-order chi connectivity index (χ0) is 30.2. The second kappa shape index (κ2) is 12.1. The normalized spacial score (nSPS) is 21.2. The number of amides is 1. The molecular formula is C34H37ClN2O6. The van der Waals surface area contributed by atoms with Gasteiger partial charge >= 0.3 is 5.97 Å². The third kappa shape index (κ3) is 5.91. The molecule has 1 saturated carbocycles. The molecule has 1 unspecified atom stereocenters. The molecule has 3 aromatic carbocycles. The number of fused-ring (bicyclic) bond motifs is 1. The minimum absolute atomic E-state index is 0.0316. The first-order chi connectivity index (χ1) is 20.8. The van der Waals surface area contributed by atoms with Crippen molar-refractivity contribution in [2.24, 2.45) is 5.92 Å². The van der Waals surface area contributed by atoms with E-state index in [1.807, 2.05) is 74.2 Å². The van der Waals surface area contributed by atoms with E-state index in [2.05, 4.69) is 5.32 Å². The number of halogens is 1. The van der Waals surface area contributed by atoms with Gasteiger partial charge in [-0.3, -0.25) is 14.5 Å². The van der Waals surface area contributed by atoms with Crippen LogP contribution in [0.2, 0.25) is 5.02 Å². The van der Waals surface area contributed by atoms with E-state index in [0.717, 1.165) is 64.9 Å². The molecule has 2 aliphatic heterocycles. The summed E-state index contributed by atoms with van der Waals surface area (Å²) in [6, 6.07) is 14.7. The van der Waals surface area contributed by atoms with Gasteiger partial charge in [-0.2, -0.15) is 0 Å². The Kier molecular flexibility index (Phi) is 8.25. The molecular weight excluding hydrogens is 568 g/mol. The van der Waals surface area contributed by atoms with Crippen LogP contribution in [0.25, 0.3) is 0 Å². The van der Waals surface area contributed by atoms with Gasteiger partial charge in [0.05, 0.1) is 18.6 Å². The Labute approximate surface area is 256 Å². The lowest BCUT2D eigenvalue weighted by Gasteiger charge is -2.27. The van der Waals surface area contributed by atoms with Crippen molar-refractivity contribution in [2.75, 3.05) is 25.2 Å². The monoisotopic (exact) mass is 604 g/mol. The number of carbonyl (C=O) groups is 2. The van der Waals surface area contributed by atoms with Crippen LogP contribution in [0.4, 0.5) is 5.69 Å². The molecule has 2 N–H and O–H groups in total. The van der Waals surface area contributed by atoms with Gasteiger partial charge in [0.2, 0.25) is 12.7 Å². The molecule has 6 rings (SSSR count). The molecule has 0 aromatic heterocycles. The summed E-state index contributed by atoms with van der Waals surface area (Å²) in [4.78, 5) is 28.7. The second-order valence-electron chi connectivity index (χ2n) is 11.6. The molecule has 3 aliphatic rings. The number of benzene rings is 3. The molecule has 9 heteroatoms. The molecule has 1 saturated heterocycles. The quantitative estimate of drug-likeness (QED) is 0.272. The van der Waals surface area contributed by atoms with Gasteiger partial charge in [0, 0.05) is 29.2 Å². The maximum atomic E-state index is 13.7. The number of anilines is 1. The van der Waals surface area contributed by atoms with Crippen molar-refractivity contribution < 1.29 is 28.9 Å². The van der Waals surface area contributed by atoms with E-state index < -0.39 is 17.9 Å². The van der Waals surface area contributed by atoms with E-state index in [1.165, 1.54) is 0 Å². The van der Waals surface area contributed by atoms with Crippen LogP contribution >= 0.6 is 11.6 Å². The standard InChI is InChI=1S/C34H37ClN2O6/c1-4-20-14-23(35)15-21(5-2)31(20)36-29(38)17-37-16-27(26-12-13-28-33(19(26)3)42-18-41-28)30(34(39)40)32(37)22-6-8-24(9-7-22)43-25-10-11-25/h6-9,12-15,25,27,30,32H,4-5,10-11,16-18H2,1-3H3,(H,36,38)(H,39,40)/t27-,30?,32+/m1/s1. The predicted molar refractivity (Wildman–Crippen MR) is 164 cm³/mol. The van der Waals surface area contributed by atoms with Gasteiger partial charge in [-0.1, -0.05) is 43.6 Å². The molecule has 3 atom stereocenters. The van der Waals surface area contributed by atoms with E-state index >= 15 is 0 Å². The minimum Gasteiger partial charge on any atom is -0.490 e. The Morgan fingerprint density at radius 1 is 1.05 bits per heavy atom. The summed E-state index contributed by atoms with van der Waals surface area (Å²) >= 11 is 6.35. The molecule has 0 bridgehead atoms. The van der Waals surface area contributed by atoms with E-state index in [4.69, 9.17) is 25.8 Å². The highest BCUT2D eigenvalue weighted by atomic mass is 35.5. The molecule has 43 heavy (non-hydrogen) atoms. The summed E-state index contributed by atoms with van der Waals surface area (Å²) in [5.41, 5.74) is 5.32. The second-order valence-corrected chi connectivity index (χ2v) is 12.0. The number of nitrogens with zero attached hydrogens (tertiary/aromatic N) is 1. The number of hydrogen-bond acceptors (Lipinski definition) is 6. The third-order valence-electron chi connectivity index (χ3n) is 8.80. The zero-order valence-corrected chi connectivity index (χ0v) is 25.4. The van der Waals surface area contributed by atoms with Gasteiger partial charge in [-0.25, -0.2) is 0 Å². The molecule has 0 spiro atoms. The molecule has 8 nitrogen and oxygen atoms in total. The topological polar surface area (TPSA) is 97.3 Å². The van der Waals surface area contributed by atoms with E-state index in [-0.39, 0.29) is 31.3 Å². The molecule has 1 aliphatic carbocycles. The largest absolute Gasteiger partial charge is 0.490 e. The summed E-state index contributed by atoms with van der Waals surface area (Å²) in [7, 11) is 0. The minimum atomic E-state index is -0.910. The molecule has 1 amide bonds. The van der Waals surface area contributed by atoms with Crippen molar-refractivity contribution in [1.29, 1.82) is 0 Å². The first kappa shape index (κ1) is 29.3. The van der Waals surface area contributed by atoms with E-state index in [0.29, 0.717) is 23.1 Å². The Bertz CT molecular complexity index is 1510. The Morgan fingerprint density at radius 3 is 2.37 bits per heavy atom. The molecule has 3 aromatic rings. The number of aryl methyl sites for hydroxylation is 2. The Hall–Kier alpha value is -3.75. The van der Waals surface area contributed by atoms with Crippen LogP contribution in [-0.2, 0) is 22.4 Å². The van der Waals surface area contributed by atoms with Gasteiger partial charge in [0.15, 0.2) is 11.5 Å². The summed E-state index contributed by atoms with van der Waals surface area (Å²) in [6.45, 7) is 6.56. The summed E-state index contributed by atoms with van der Waals surface area (Å²) in [6.07, 6.45) is 3.81. The number of hydrogen-bond donors (Lipinski definition) is 2. The number of rotatable bonds is 10. The van der Waals surface area contributed by atoms with Crippen molar-refractivity contribution in [3.05, 3.63) is 81.4 Å². The Morgan fingerprint density at radius 2 is 1.74 bits per heavy atom. The molecule has 226 valence electrons. The number of aliphatic carboxylic acids is 1. The molecule has 0 radical (unpaired) electrons. The fraction of sp³-hybridized carbons (Fsp3) is 0.412. The summed E-state index contributed by atoms with van der Waals surface area (Å²) < 4.78 is 17.2. The maximum Gasteiger partial charge on any atom is 0.309 e. The number of carboxylic acid groups (broad SMARTS) is 1. The molecule has 2 heterocycles. The highest BCUT2D eigenvalue weighted by molar-refractivity contribution is 6.30. The van der Waals surface area contributed by atoms with Crippen LogP contribution < -0.4 is 19.5 Å².